The average molecular weight is 289 g/mol. The summed E-state index contributed by atoms with van der Waals surface area (Å²) in [6.07, 6.45) is 1.12. The fourth-order valence-corrected chi connectivity index (χ4v) is 2.25. The van der Waals surface area contributed by atoms with Crippen LogP contribution in [0.25, 0.3) is 0 Å². The quantitative estimate of drug-likeness (QED) is 0.765. The number of nitrogens with zero attached hydrogens (tertiary/aromatic N) is 1. The van der Waals surface area contributed by atoms with E-state index in [0.717, 1.165) is 36.8 Å². The van der Waals surface area contributed by atoms with E-state index in [1.807, 2.05) is 24.3 Å². The first-order chi connectivity index (χ1) is 9.74. The maximum absolute atomic E-state index is 5.86. The van der Waals surface area contributed by atoms with E-state index in [0.29, 0.717) is 0 Å². The average Bonchev–Trinajstić information content (AvgIpc) is 2.46. The van der Waals surface area contributed by atoms with Crippen molar-refractivity contribution in [1.82, 2.24) is 4.90 Å². The fourth-order valence-electron chi connectivity index (χ4n) is 2.12. The molecule has 20 heavy (non-hydrogen) atoms. The summed E-state index contributed by atoms with van der Waals surface area (Å²) in [4.78, 5) is 2.35. The summed E-state index contributed by atoms with van der Waals surface area (Å²) >= 11 is 5.86. The first-order valence-electron chi connectivity index (χ1n) is 6.96. The molecule has 0 spiro atoms. The van der Waals surface area contributed by atoms with E-state index >= 15 is 0 Å². The van der Waals surface area contributed by atoms with E-state index in [1.54, 1.807) is 0 Å². The lowest BCUT2D eigenvalue weighted by molar-refractivity contribution is 0.325. The summed E-state index contributed by atoms with van der Waals surface area (Å²) < 4.78 is 0. The van der Waals surface area contributed by atoms with Crippen LogP contribution in [0.2, 0.25) is 5.02 Å². The van der Waals surface area contributed by atoms with Crippen molar-refractivity contribution in [2.75, 3.05) is 25.5 Å². The van der Waals surface area contributed by atoms with E-state index < -0.39 is 0 Å². The Morgan fingerprint density at radius 1 is 1.00 bits per heavy atom. The van der Waals surface area contributed by atoms with Crippen LogP contribution in [-0.2, 0) is 6.54 Å². The Bertz CT molecular complexity index is 496. The van der Waals surface area contributed by atoms with Crippen molar-refractivity contribution < 1.29 is 0 Å². The largest absolute Gasteiger partial charge is 0.385 e. The van der Waals surface area contributed by atoms with Crippen LogP contribution in [-0.4, -0.2) is 25.0 Å². The van der Waals surface area contributed by atoms with Crippen LogP contribution in [0.15, 0.2) is 54.6 Å². The van der Waals surface area contributed by atoms with Crippen molar-refractivity contribution in [2.45, 2.75) is 13.0 Å². The van der Waals surface area contributed by atoms with Crippen molar-refractivity contribution in [3.8, 4) is 0 Å². The Balaban J connectivity index is 1.64. The molecule has 3 heteroatoms. The molecule has 0 aromatic heterocycles. The van der Waals surface area contributed by atoms with Crippen LogP contribution in [0.4, 0.5) is 5.69 Å². The van der Waals surface area contributed by atoms with E-state index in [2.05, 4.69) is 47.6 Å². The SMILES string of the molecule is CN(CCCNc1ccc(Cl)cc1)Cc1ccccc1. The molecule has 106 valence electrons. The van der Waals surface area contributed by atoms with Crippen molar-refractivity contribution in [3.63, 3.8) is 0 Å². The Labute approximate surface area is 126 Å². The van der Waals surface area contributed by atoms with Crippen LogP contribution in [0.1, 0.15) is 12.0 Å². The smallest absolute Gasteiger partial charge is 0.0407 e. The van der Waals surface area contributed by atoms with Gasteiger partial charge in [0.2, 0.25) is 0 Å². The normalized spacial score (nSPS) is 10.8. The van der Waals surface area contributed by atoms with Gasteiger partial charge in [0.15, 0.2) is 0 Å². The lowest BCUT2D eigenvalue weighted by Gasteiger charge is -2.17. The van der Waals surface area contributed by atoms with Gasteiger partial charge in [-0.2, -0.15) is 0 Å². The molecule has 0 aliphatic rings. The zero-order chi connectivity index (χ0) is 14.2. The second-order valence-corrected chi connectivity index (χ2v) is 5.45. The van der Waals surface area contributed by atoms with Gasteiger partial charge < -0.3 is 10.2 Å². The van der Waals surface area contributed by atoms with Crippen LogP contribution >= 0.6 is 11.6 Å². The van der Waals surface area contributed by atoms with Gasteiger partial charge in [0.25, 0.3) is 0 Å². The van der Waals surface area contributed by atoms with Crippen LogP contribution in [0.5, 0.6) is 0 Å². The Morgan fingerprint density at radius 2 is 1.70 bits per heavy atom. The second kappa shape index (κ2) is 7.93. The minimum atomic E-state index is 0.776. The molecule has 2 aromatic rings. The third-order valence-corrected chi connectivity index (χ3v) is 3.44. The number of hydrogen-bond acceptors (Lipinski definition) is 2. The molecule has 2 nitrogen and oxygen atoms in total. The third kappa shape index (κ3) is 5.24. The van der Waals surface area contributed by atoms with E-state index in [-0.39, 0.29) is 0 Å². The molecule has 0 saturated heterocycles. The minimum Gasteiger partial charge on any atom is -0.385 e. The van der Waals surface area contributed by atoms with Gasteiger partial charge in [-0.15, -0.1) is 0 Å². The first-order valence-corrected chi connectivity index (χ1v) is 7.34. The topological polar surface area (TPSA) is 15.3 Å². The number of hydrogen-bond donors (Lipinski definition) is 1. The molecule has 0 heterocycles. The number of nitrogens with one attached hydrogen (secondary N) is 1. The zero-order valence-corrected chi connectivity index (χ0v) is 12.6. The Hall–Kier alpha value is -1.51. The van der Waals surface area contributed by atoms with E-state index in [4.69, 9.17) is 11.6 Å². The Morgan fingerprint density at radius 3 is 2.40 bits per heavy atom. The summed E-state index contributed by atoms with van der Waals surface area (Å²) in [5, 5.41) is 4.18. The maximum atomic E-state index is 5.86. The highest BCUT2D eigenvalue weighted by Gasteiger charge is 1.99. The van der Waals surface area contributed by atoms with Gasteiger partial charge in [-0.3, -0.25) is 0 Å². The monoisotopic (exact) mass is 288 g/mol. The lowest BCUT2D eigenvalue weighted by atomic mass is 10.2. The number of benzene rings is 2. The highest BCUT2D eigenvalue weighted by Crippen LogP contribution is 2.13. The summed E-state index contributed by atoms with van der Waals surface area (Å²) in [7, 11) is 2.16. The number of rotatable bonds is 7. The summed E-state index contributed by atoms with van der Waals surface area (Å²) in [6, 6.07) is 18.4. The van der Waals surface area contributed by atoms with Crippen LogP contribution < -0.4 is 5.32 Å². The van der Waals surface area contributed by atoms with Crippen molar-refractivity contribution in [1.29, 1.82) is 0 Å². The van der Waals surface area contributed by atoms with Crippen LogP contribution in [0.3, 0.4) is 0 Å². The van der Waals surface area contributed by atoms with Crippen molar-refractivity contribution >= 4 is 17.3 Å². The van der Waals surface area contributed by atoms with E-state index in [9.17, 15) is 0 Å². The predicted molar refractivity (Wildman–Crippen MR) is 87.3 cm³/mol. The number of halogens is 1. The number of anilines is 1. The molecule has 0 radical (unpaired) electrons. The summed E-state index contributed by atoms with van der Waals surface area (Å²) in [5.41, 5.74) is 2.49. The molecule has 1 N–H and O–H groups in total. The van der Waals surface area contributed by atoms with Gasteiger partial charge in [0, 0.05) is 23.8 Å². The van der Waals surface area contributed by atoms with Gasteiger partial charge in [0.05, 0.1) is 0 Å². The Kier molecular flexibility index (Phi) is 5.90. The summed E-state index contributed by atoms with van der Waals surface area (Å²) in [6.45, 7) is 3.05. The van der Waals surface area contributed by atoms with Crippen molar-refractivity contribution in [3.05, 3.63) is 65.2 Å². The molecule has 0 saturated carbocycles. The molecule has 0 aliphatic heterocycles. The molecular formula is C17H21ClN2. The molecular weight excluding hydrogens is 268 g/mol. The van der Waals surface area contributed by atoms with E-state index in [1.165, 1.54) is 5.56 Å². The zero-order valence-electron chi connectivity index (χ0n) is 11.8. The molecule has 0 bridgehead atoms. The lowest BCUT2D eigenvalue weighted by Crippen LogP contribution is -2.21. The molecule has 0 unspecified atom stereocenters. The van der Waals surface area contributed by atoms with Gasteiger partial charge in [0.1, 0.15) is 0 Å². The van der Waals surface area contributed by atoms with Crippen LogP contribution in [0, 0.1) is 0 Å². The second-order valence-electron chi connectivity index (χ2n) is 5.01. The van der Waals surface area contributed by atoms with Gasteiger partial charge in [-0.25, -0.2) is 0 Å². The molecule has 0 atom stereocenters. The van der Waals surface area contributed by atoms with Crippen molar-refractivity contribution in [2.24, 2.45) is 0 Å². The minimum absolute atomic E-state index is 0.776. The van der Waals surface area contributed by atoms with Gasteiger partial charge >= 0.3 is 0 Å². The molecule has 2 aromatic carbocycles. The molecule has 2 rings (SSSR count). The molecule has 0 amide bonds. The molecule has 0 aliphatic carbocycles. The summed E-state index contributed by atoms with van der Waals surface area (Å²) in [5.74, 6) is 0. The third-order valence-electron chi connectivity index (χ3n) is 3.19. The first kappa shape index (κ1) is 14.9. The van der Waals surface area contributed by atoms with Gasteiger partial charge in [-0.05, 0) is 49.8 Å². The molecule has 0 fully saturated rings. The fraction of sp³-hybridized carbons (Fsp3) is 0.294. The maximum Gasteiger partial charge on any atom is 0.0407 e. The highest BCUT2D eigenvalue weighted by atomic mass is 35.5. The highest BCUT2D eigenvalue weighted by molar-refractivity contribution is 6.30. The predicted octanol–water partition coefficient (Wildman–Crippen LogP) is 4.27. The van der Waals surface area contributed by atoms with Gasteiger partial charge in [-0.1, -0.05) is 41.9 Å². The standard InChI is InChI=1S/C17H21ClN2/c1-20(14-15-6-3-2-4-7-15)13-5-12-19-17-10-8-16(18)9-11-17/h2-4,6-11,19H,5,12-14H2,1H3.